The molecule has 3 aromatic rings. The molecular weight excluding hydrogens is 454 g/mol. The van der Waals surface area contributed by atoms with Gasteiger partial charge in [-0.1, -0.05) is 11.6 Å². The van der Waals surface area contributed by atoms with Gasteiger partial charge in [-0.15, -0.1) is 0 Å². The van der Waals surface area contributed by atoms with Crippen LogP contribution in [0.4, 0.5) is 8.78 Å². The summed E-state index contributed by atoms with van der Waals surface area (Å²) < 4.78 is 36.6. The highest BCUT2D eigenvalue weighted by atomic mass is 35.5. The molecule has 0 fully saturated rings. The lowest BCUT2D eigenvalue weighted by Crippen LogP contribution is -2.46. The van der Waals surface area contributed by atoms with Crippen molar-refractivity contribution in [2.45, 2.75) is 32.2 Å². The summed E-state index contributed by atoms with van der Waals surface area (Å²) in [6.07, 6.45) is 2.52. The number of imidazole rings is 1. The van der Waals surface area contributed by atoms with Gasteiger partial charge in [-0.2, -0.15) is 0 Å². The Labute approximate surface area is 193 Å². The van der Waals surface area contributed by atoms with Crippen LogP contribution in [0.2, 0.25) is 5.02 Å². The van der Waals surface area contributed by atoms with Gasteiger partial charge in [0, 0.05) is 42.7 Å². The van der Waals surface area contributed by atoms with Crippen LogP contribution in [0.5, 0.6) is 5.75 Å². The number of aryl methyl sites for hydroxylation is 1. The molecule has 3 heterocycles. The molecule has 0 spiro atoms. The van der Waals surface area contributed by atoms with E-state index in [1.165, 1.54) is 4.57 Å². The number of alkyl halides is 2. The molecule has 2 aliphatic rings. The van der Waals surface area contributed by atoms with Crippen molar-refractivity contribution < 1.29 is 18.3 Å². The minimum atomic E-state index is -2.83. The van der Waals surface area contributed by atoms with Crippen LogP contribution in [0, 0.1) is 6.92 Å². The second kappa shape index (κ2) is 7.98. The molecule has 1 aliphatic carbocycles. The van der Waals surface area contributed by atoms with Gasteiger partial charge in [-0.3, -0.25) is 9.59 Å². The van der Waals surface area contributed by atoms with E-state index in [9.17, 15) is 18.4 Å². The molecule has 172 valence electrons. The summed E-state index contributed by atoms with van der Waals surface area (Å²) in [4.78, 5) is 31.6. The molecule has 10 heteroatoms. The highest BCUT2D eigenvalue weighted by Crippen LogP contribution is 2.42. The van der Waals surface area contributed by atoms with E-state index in [0.29, 0.717) is 46.4 Å². The number of fused-ring (bicyclic) bond motifs is 2. The smallest absolute Gasteiger partial charge is 0.275 e. The van der Waals surface area contributed by atoms with Crippen molar-refractivity contribution in [2.24, 2.45) is 0 Å². The van der Waals surface area contributed by atoms with E-state index in [1.54, 1.807) is 46.3 Å². The molecule has 1 aliphatic heterocycles. The average molecular weight is 475 g/mol. The van der Waals surface area contributed by atoms with Crippen LogP contribution in [0.1, 0.15) is 27.3 Å². The molecule has 1 amide bonds. The van der Waals surface area contributed by atoms with Crippen molar-refractivity contribution in [1.82, 2.24) is 19.0 Å². The van der Waals surface area contributed by atoms with Crippen molar-refractivity contribution in [3.8, 4) is 11.4 Å². The normalized spacial score (nSPS) is 16.6. The first-order chi connectivity index (χ1) is 15.7. The number of ether oxygens (including phenoxy) is 1. The Bertz CT molecular complexity index is 1320. The molecule has 0 radical (unpaired) electrons. The number of halogens is 3. The van der Waals surface area contributed by atoms with Crippen LogP contribution < -0.4 is 10.3 Å². The third-order valence-corrected chi connectivity index (χ3v) is 6.42. The van der Waals surface area contributed by atoms with Gasteiger partial charge in [0.2, 0.25) is 0 Å². The second-order valence-electron chi connectivity index (χ2n) is 8.34. The predicted molar refractivity (Wildman–Crippen MR) is 118 cm³/mol. The maximum atomic E-state index is 13.9. The molecule has 0 N–H and O–H groups in total. The third kappa shape index (κ3) is 3.90. The highest BCUT2D eigenvalue weighted by molar-refractivity contribution is 6.31. The van der Waals surface area contributed by atoms with E-state index in [1.807, 2.05) is 6.92 Å². The number of hydrogen-bond acceptors (Lipinski definition) is 4. The topological polar surface area (TPSA) is 69.4 Å². The number of carbonyl (C=O) groups is 1. The van der Waals surface area contributed by atoms with Gasteiger partial charge < -0.3 is 18.8 Å². The monoisotopic (exact) mass is 474 g/mol. The zero-order valence-corrected chi connectivity index (χ0v) is 18.6. The van der Waals surface area contributed by atoms with E-state index >= 15 is 0 Å². The van der Waals surface area contributed by atoms with Gasteiger partial charge in [0.1, 0.15) is 23.7 Å². The molecule has 0 saturated heterocycles. The summed E-state index contributed by atoms with van der Waals surface area (Å²) >= 11 is 6.08. The molecule has 0 atom stereocenters. The van der Waals surface area contributed by atoms with Crippen LogP contribution in [0.3, 0.4) is 0 Å². The Morgan fingerprint density at radius 1 is 1.12 bits per heavy atom. The number of benzene rings is 1. The molecule has 0 saturated carbocycles. The van der Waals surface area contributed by atoms with Crippen LogP contribution in [-0.4, -0.2) is 50.5 Å². The second-order valence-corrected chi connectivity index (χ2v) is 8.74. The van der Waals surface area contributed by atoms with Crippen molar-refractivity contribution in [1.29, 1.82) is 0 Å². The zero-order chi connectivity index (χ0) is 23.3. The van der Waals surface area contributed by atoms with Crippen LogP contribution in [-0.2, 0) is 19.4 Å². The van der Waals surface area contributed by atoms with E-state index in [-0.39, 0.29) is 24.6 Å². The Balaban J connectivity index is 1.29. The fourth-order valence-corrected chi connectivity index (χ4v) is 4.68. The lowest BCUT2D eigenvalue weighted by Gasteiger charge is -2.29. The lowest BCUT2D eigenvalue weighted by molar-refractivity contribution is 0.0127. The number of rotatable bonds is 5. The van der Waals surface area contributed by atoms with Gasteiger partial charge in [-0.25, -0.2) is 13.8 Å². The summed E-state index contributed by atoms with van der Waals surface area (Å²) in [5, 5.41) is 0.313. The van der Waals surface area contributed by atoms with E-state index < -0.39 is 18.8 Å². The van der Waals surface area contributed by atoms with E-state index in [2.05, 4.69) is 4.98 Å². The number of pyridine rings is 1. The first-order valence-electron chi connectivity index (χ1n) is 10.6. The van der Waals surface area contributed by atoms with Crippen molar-refractivity contribution in [3.05, 3.63) is 74.7 Å². The summed E-state index contributed by atoms with van der Waals surface area (Å²) in [5.41, 5.74) is 2.11. The number of carbonyl (C=O) groups excluding carboxylic acids is 1. The molecule has 33 heavy (non-hydrogen) atoms. The summed E-state index contributed by atoms with van der Waals surface area (Å²) in [6, 6.07) is 6.40. The van der Waals surface area contributed by atoms with Crippen LogP contribution in [0.25, 0.3) is 5.69 Å². The Kier molecular flexibility index (Phi) is 5.23. The number of amides is 1. The minimum absolute atomic E-state index is 0.141. The van der Waals surface area contributed by atoms with Crippen LogP contribution in [0.15, 0.2) is 41.6 Å². The molecule has 2 aromatic heterocycles. The SMILES string of the molecule is Cc1cn(-c2ccc3n(c2=O)CCN(CCOc2ccc(Cl)c4c2CC(F)(F)C4)C3=O)cn1. The Morgan fingerprint density at radius 2 is 1.91 bits per heavy atom. The molecule has 1 aromatic carbocycles. The summed E-state index contributed by atoms with van der Waals surface area (Å²) in [7, 11) is 0. The van der Waals surface area contributed by atoms with E-state index in [0.717, 1.165) is 5.69 Å². The van der Waals surface area contributed by atoms with Gasteiger partial charge in [0.05, 0.1) is 18.6 Å². The van der Waals surface area contributed by atoms with E-state index in [4.69, 9.17) is 16.3 Å². The molecule has 7 nitrogen and oxygen atoms in total. The van der Waals surface area contributed by atoms with Gasteiger partial charge in [0.15, 0.2) is 0 Å². The first-order valence-corrected chi connectivity index (χ1v) is 11.0. The Hall–Kier alpha value is -3.20. The predicted octanol–water partition coefficient (Wildman–Crippen LogP) is 3.26. The number of aromatic nitrogens is 3. The molecular formula is C23H21ClF2N4O3. The first kappa shape index (κ1) is 21.6. The van der Waals surface area contributed by atoms with Crippen molar-refractivity contribution >= 4 is 17.5 Å². The van der Waals surface area contributed by atoms with Crippen LogP contribution >= 0.6 is 11.6 Å². The minimum Gasteiger partial charge on any atom is -0.491 e. The highest BCUT2D eigenvalue weighted by Gasteiger charge is 2.40. The van der Waals surface area contributed by atoms with Gasteiger partial charge >= 0.3 is 0 Å². The van der Waals surface area contributed by atoms with Gasteiger partial charge in [-0.05, 0) is 36.8 Å². The lowest BCUT2D eigenvalue weighted by atomic mass is 10.1. The molecule has 0 bridgehead atoms. The zero-order valence-electron chi connectivity index (χ0n) is 17.9. The summed E-state index contributed by atoms with van der Waals surface area (Å²) in [5.74, 6) is -2.74. The maximum Gasteiger partial charge on any atom is 0.275 e. The third-order valence-electron chi connectivity index (χ3n) is 6.06. The number of hydrogen-bond donors (Lipinski definition) is 0. The average Bonchev–Trinajstić information content (AvgIpc) is 3.34. The van der Waals surface area contributed by atoms with Crippen molar-refractivity contribution in [3.63, 3.8) is 0 Å². The van der Waals surface area contributed by atoms with Gasteiger partial charge in [0.25, 0.3) is 17.4 Å². The largest absolute Gasteiger partial charge is 0.491 e. The summed E-state index contributed by atoms with van der Waals surface area (Å²) in [6.45, 7) is 2.94. The fourth-order valence-electron chi connectivity index (χ4n) is 4.43. The number of nitrogens with zero attached hydrogens (tertiary/aromatic N) is 4. The van der Waals surface area contributed by atoms with Crippen molar-refractivity contribution in [2.75, 3.05) is 19.7 Å². The fraction of sp³-hybridized carbons (Fsp3) is 0.348. The quantitative estimate of drug-likeness (QED) is 0.569. The maximum absolute atomic E-state index is 13.9. The Morgan fingerprint density at radius 3 is 2.67 bits per heavy atom. The molecule has 5 rings (SSSR count). The standard InChI is InChI=1S/C23H21ClF2N4O3/c1-14-12-29(13-27-14)18-3-4-19-21(31)28(6-7-30(19)22(18)32)8-9-33-20-5-2-17(24)15-10-23(25,26)11-16(15)20/h2-5,12-13H,6-11H2,1H3. The molecule has 0 unspecified atom stereocenters.